The molecule has 0 saturated carbocycles. The zero-order valence-corrected chi connectivity index (χ0v) is 14.5. The average molecular weight is 344 g/mol. The highest BCUT2D eigenvalue weighted by Gasteiger charge is 2.30. The van der Waals surface area contributed by atoms with Gasteiger partial charge in [0.2, 0.25) is 17.2 Å². The molecule has 25 heavy (non-hydrogen) atoms. The van der Waals surface area contributed by atoms with E-state index in [2.05, 4.69) is 0 Å². The zero-order valence-electron chi connectivity index (χ0n) is 14.5. The van der Waals surface area contributed by atoms with E-state index >= 15 is 0 Å². The molecule has 0 aliphatic heterocycles. The summed E-state index contributed by atoms with van der Waals surface area (Å²) in [5.74, 6) is -0.465. The van der Waals surface area contributed by atoms with Crippen LogP contribution in [0.3, 0.4) is 0 Å². The molecule has 0 spiro atoms. The molecule has 6 nitrogen and oxygen atoms in total. The number of ketones is 1. The number of carbonyl (C=O) groups excluding carboxylic acids is 1. The third-order valence-corrected chi connectivity index (χ3v) is 3.59. The summed E-state index contributed by atoms with van der Waals surface area (Å²) in [6.45, 7) is 0. The van der Waals surface area contributed by atoms with Crippen LogP contribution in [0.15, 0.2) is 36.4 Å². The van der Waals surface area contributed by atoms with Gasteiger partial charge in [-0.05, 0) is 11.6 Å². The Morgan fingerprint density at radius 3 is 1.88 bits per heavy atom. The van der Waals surface area contributed by atoms with Crippen LogP contribution in [0.25, 0.3) is 6.08 Å². The molecule has 0 bridgehead atoms. The quantitative estimate of drug-likeness (QED) is 0.613. The predicted molar refractivity (Wildman–Crippen MR) is 94.1 cm³/mol. The van der Waals surface area contributed by atoms with E-state index in [-0.39, 0.29) is 34.3 Å². The first kappa shape index (κ1) is 18.2. The molecule has 0 atom stereocenters. The van der Waals surface area contributed by atoms with Crippen LogP contribution in [0.1, 0.15) is 15.9 Å². The van der Waals surface area contributed by atoms with Gasteiger partial charge in [0.1, 0.15) is 5.56 Å². The molecule has 0 heterocycles. The van der Waals surface area contributed by atoms with Crippen molar-refractivity contribution in [2.45, 2.75) is 0 Å². The van der Waals surface area contributed by atoms with Crippen molar-refractivity contribution >= 4 is 11.9 Å². The first-order chi connectivity index (χ1) is 12.1. The summed E-state index contributed by atoms with van der Waals surface area (Å²) in [5.41, 5.74) is 0.783. The van der Waals surface area contributed by atoms with Gasteiger partial charge in [0.05, 0.1) is 28.4 Å². The van der Waals surface area contributed by atoms with Crippen molar-refractivity contribution in [1.82, 2.24) is 0 Å². The first-order valence-electron chi connectivity index (χ1n) is 7.45. The van der Waals surface area contributed by atoms with Crippen LogP contribution in [0, 0.1) is 0 Å². The fraction of sp³-hybridized carbons (Fsp3) is 0.211. The number of methoxy groups -OCH3 is 4. The largest absolute Gasteiger partial charge is 0.504 e. The average Bonchev–Trinajstić information content (AvgIpc) is 2.65. The molecule has 2 rings (SSSR count). The second-order valence-electron chi connectivity index (χ2n) is 4.96. The van der Waals surface area contributed by atoms with E-state index in [1.54, 1.807) is 6.08 Å². The zero-order chi connectivity index (χ0) is 18.4. The fourth-order valence-corrected chi connectivity index (χ4v) is 2.45. The minimum atomic E-state index is -0.461. The summed E-state index contributed by atoms with van der Waals surface area (Å²) in [4.78, 5) is 12.7. The lowest BCUT2D eigenvalue weighted by Gasteiger charge is -2.19. The second kappa shape index (κ2) is 8.10. The van der Waals surface area contributed by atoms with Crippen LogP contribution < -0.4 is 18.9 Å². The van der Waals surface area contributed by atoms with Gasteiger partial charge in [0, 0.05) is 0 Å². The van der Waals surface area contributed by atoms with Crippen molar-refractivity contribution in [3.05, 3.63) is 47.5 Å². The van der Waals surface area contributed by atoms with Crippen LogP contribution in [-0.2, 0) is 0 Å². The maximum absolute atomic E-state index is 12.7. The van der Waals surface area contributed by atoms with Crippen LogP contribution >= 0.6 is 0 Å². The van der Waals surface area contributed by atoms with Crippen LogP contribution in [0.2, 0.25) is 0 Å². The lowest BCUT2D eigenvalue weighted by Crippen LogP contribution is -2.05. The Labute approximate surface area is 146 Å². The van der Waals surface area contributed by atoms with Gasteiger partial charge < -0.3 is 24.1 Å². The number of carbonyl (C=O) groups is 1. The van der Waals surface area contributed by atoms with Gasteiger partial charge in [-0.15, -0.1) is 0 Å². The third kappa shape index (κ3) is 3.52. The molecule has 0 saturated heterocycles. The van der Waals surface area contributed by atoms with Crippen LogP contribution in [0.4, 0.5) is 0 Å². The van der Waals surface area contributed by atoms with Gasteiger partial charge in [0.25, 0.3) is 0 Å². The number of phenolic OH excluding ortho intramolecular Hbond substituents is 1. The van der Waals surface area contributed by atoms with E-state index in [9.17, 15) is 9.90 Å². The van der Waals surface area contributed by atoms with Crippen LogP contribution in [0.5, 0.6) is 28.7 Å². The monoisotopic (exact) mass is 344 g/mol. The summed E-state index contributed by atoms with van der Waals surface area (Å²) in [6, 6.07) is 9.32. The molecule has 0 radical (unpaired) electrons. The highest BCUT2D eigenvalue weighted by atomic mass is 16.5. The van der Waals surface area contributed by atoms with Crippen molar-refractivity contribution in [1.29, 1.82) is 0 Å². The summed E-state index contributed by atoms with van der Waals surface area (Å²) in [5, 5.41) is 10.5. The SMILES string of the molecule is COc1c(O)c(C(=O)/C=C\c2ccccc2)c(OC)c(OC)c1OC. The topological polar surface area (TPSA) is 74.2 Å². The predicted octanol–water partition coefficient (Wildman–Crippen LogP) is 3.32. The molecule has 0 unspecified atom stereocenters. The van der Waals surface area contributed by atoms with Gasteiger partial charge in [-0.2, -0.15) is 0 Å². The molecule has 0 aliphatic rings. The van der Waals surface area contributed by atoms with Crippen LogP contribution in [-0.4, -0.2) is 39.3 Å². The Bertz CT molecular complexity index is 780. The Balaban J connectivity index is 2.59. The molecular formula is C19H20O6. The molecule has 2 aromatic carbocycles. The van der Waals surface area contributed by atoms with Gasteiger partial charge in [-0.25, -0.2) is 0 Å². The molecule has 0 amide bonds. The maximum Gasteiger partial charge on any atom is 0.211 e. The van der Waals surface area contributed by atoms with E-state index < -0.39 is 5.78 Å². The summed E-state index contributed by atoms with van der Waals surface area (Å²) < 4.78 is 21.0. The Morgan fingerprint density at radius 1 is 0.840 bits per heavy atom. The van der Waals surface area contributed by atoms with Gasteiger partial charge >= 0.3 is 0 Å². The Hall–Kier alpha value is -3.15. The van der Waals surface area contributed by atoms with E-state index in [0.29, 0.717) is 0 Å². The minimum absolute atomic E-state index is 0.00314. The lowest BCUT2D eigenvalue weighted by atomic mass is 10.0. The highest BCUT2D eigenvalue weighted by molar-refractivity contribution is 6.12. The molecule has 132 valence electrons. The van der Waals surface area contributed by atoms with Crippen molar-refractivity contribution in [3.63, 3.8) is 0 Å². The number of rotatable bonds is 7. The number of phenols is 1. The first-order valence-corrected chi connectivity index (χ1v) is 7.45. The molecule has 1 N–H and O–H groups in total. The Morgan fingerprint density at radius 2 is 1.36 bits per heavy atom. The molecule has 0 aliphatic carbocycles. The number of benzene rings is 2. The second-order valence-corrected chi connectivity index (χ2v) is 4.96. The van der Waals surface area contributed by atoms with Crippen molar-refractivity contribution in [3.8, 4) is 28.7 Å². The van der Waals surface area contributed by atoms with E-state index in [4.69, 9.17) is 18.9 Å². The third-order valence-electron chi connectivity index (χ3n) is 3.59. The Kier molecular flexibility index (Phi) is 5.89. The smallest absolute Gasteiger partial charge is 0.211 e. The number of aromatic hydroxyl groups is 1. The lowest BCUT2D eigenvalue weighted by molar-refractivity contribution is 0.104. The van der Waals surface area contributed by atoms with E-state index in [1.807, 2.05) is 30.3 Å². The molecule has 6 heteroatoms. The summed E-state index contributed by atoms with van der Waals surface area (Å²) >= 11 is 0. The van der Waals surface area contributed by atoms with Crippen molar-refractivity contribution < 1.29 is 28.8 Å². The summed E-state index contributed by atoms with van der Waals surface area (Å²) in [7, 11) is 5.54. The van der Waals surface area contributed by atoms with Crippen molar-refractivity contribution in [2.75, 3.05) is 28.4 Å². The van der Waals surface area contributed by atoms with Gasteiger partial charge in [-0.1, -0.05) is 36.4 Å². The number of hydrogen-bond acceptors (Lipinski definition) is 6. The van der Waals surface area contributed by atoms with Crippen molar-refractivity contribution in [2.24, 2.45) is 0 Å². The van der Waals surface area contributed by atoms with E-state index in [0.717, 1.165) is 5.56 Å². The number of allylic oxidation sites excluding steroid dienone is 1. The maximum atomic E-state index is 12.7. The standard InChI is InChI=1S/C19H20O6/c1-22-16-14(13(20)11-10-12-8-6-5-7-9-12)15(21)17(23-2)19(25-4)18(16)24-3/h5-11,21H,1-4H3/b11-10-. The van der Waals surface area contributed by atoms with E-state index in [1.165, 1.54) is 34.5 Å². The highest BCUT2D eigenvalue weighted by Crippen LogP contribution is 2.53. The molecule has 2 aromatic rings. The van der Waals surface area contributed by atoms with Gasteiger partial charge in [-0.3, -0.25) is 4.79 Å². The number of ether oxygens (including phenoxy) is 4. The summed E-state index contributed by atoms with van der Waals surface area (Å²) in [6.07, 6.45) is 2.99. The molecular weight excluding hydrogens is 324 g/mol. The van der Waals surface area contributed by atoms with Gasteiger partial charge in [0.15, 0.2) is 17.3 Å². The normalized spacial score (nSPS) is 10.6. The molecule has 0 aromatic heterocycles. The minimum Gasteiger partial charge on any atom is -0.504 e. The molecule has 0 fully saturated rings. The number of hydrogen-bond donors (Lipinski definition) is 1. The fourth-order valence-electron chi connectivity index (χ4n) is 2.45.